The highest BCUT2D eigenvalue weighted by molar-refractivity contribution is 6.33. The first-order valence-corrected chi connectivity index (χ1v) is 6.69. The first-order chi connectivity index (χ1) is 9.09. The van der Waals surface area contributed by atoms with E-state index in [2.05, 4.69) is 10.2 Å². The Morgan fingerprint density at radius 2 is 2.32 bits per heavy atom. The van der Waals surface area contributed by atoms with Gasteiger partial charge in [-0.2, -0.15) is 5.10 Å². The molecule has 1 atom stereocenters. The number of rotatable bonds is 4. The van der Waals surface area contributed by atoms with Crippen LogP contribution in [0.5, 0.6) is 0 Å². The molecule has 104 valence electrons. The van der Waals surface area contributed by atoms with Crippen molar-refractivity contribution < 1.29 is 14.7 Å². The Morgan fingerprint density at radius 1 is 1.53 bits per heavy atom. The Bertz CT molecular complexity index is 475. The highest BCUT2D eigenvalue weighted by Gasteiger charge is 2.29. The minimum Gasteiger partial charge on any atom is -0.481 e. The number of amides is 1. The van der Waals surface area contributed by atoms with Crippen molar-refractivity contribution in [1.29, 1.82) is 0 Å². The second kappa shape index (κ2) is 6.06. The summed E-state index contributed by atoms with van der Waals surface area (Å²) in [4.78, 5) is 24.7. The lowest BCUT2D eigenvalue weighted by Crippen LogP contribution is -2.44. The molecule has 2 rings (SSSR count). The van der Waals surface area contributed by atoms with Gasteiger partial charge in [-0.3, -0.25) is 14.7 Å². The van der Waals surface area contributed by atoms with Crippen molar-refractivity contribution in [1.82, 2.24) is 15.1 Å². The van der Waals surface area contributed by atoms with Gasteiger partial charge in [-0.05, 0) is 25.7 Å². The summed E-state index contributed by atoms with van der Waals surface area (Å²) in [6.07, 6.45) is 4.74. The van der Waals surface area contributed by atoms with Crippen molar-refractivity contribution in [2.75, 3.05) is 6.54 Å². The van der Waals surface area contributed by atoms with Crippen LogP contribution in [-0.2, 0) is 4.79 Å². The number of carbonyl (C=O) groups is 2. The molecule has 0 radical (unpaired) electrons. The number of hydrogen-bond acceptors (Lipinski definition) is 3. The Balaban J connectivity index is 2.08. The molecule has 1 saturated heterocycles. The van der Waals surface area contributed by atoms with Gasteiger partial charge < -0.3 is 10.0 Å². The van der Waals surface area contributed by atoms with Crippen LogP contribution in [-0.4, -0.2) is 44.7 Å². The number of carbonyl (C=O) groups excluding carboxylic acids is 1. The third-order valence-corrected chi connectivity index (χ3v) is 3.67. The van der Waals surface area contributed by atoms with Gasteiger partial charge in [0, 0.05) is 19.0 Å². The number of nitrogens with zero attached hydrogens (tertiary/aromatic N) is 2. The molecule has 1 aromatic rings. The molecule has 0 bridgehead atoms. The molecule has 0 unspecified atom stereocenters. The van der Waals surface area contributed by atoms with Gasteiger partial charge in [-0.15, -0.1) is 0 Å². The Hall–Kier alpha value is -1.56. The molecule has 1 fully saturated rings. The molecule has 7 heteroatoms. The second-order valence-electron chi connectivity index (χ2n) is 4.67. The Kier molecular flexibility index (Phi) is 4.42. The highest BCUT2D eigenvalue weighted by Crippen LogP contribution is 2.24. The molecule has 0 saturated carbocycles. The molecule has 19 heavy (non-hydrogen) atoms. The molecule has 0 spiro atoms. The van der Waals surface area contributed by atoms with E-state index >= 15 is 0 Å². The predicted molar refractivity (Wildman–Crippen MR) is 69.1 cm³/mol. The molecule has 2 N–H and O–H groups in total. The van der Waals surface area contributed by atoms with Crippen LogP contribution in [0, 0.1) is 0 Å². The number of nitrogens with one attached hydrogen (secondary N) is 1. The largest absolute Gasteiger partial charge is 0.481 e. The Morgan fingerprint density at radius 3 is 2.95 bits per heavy atom. The summed E-state index contributed by atoms with van der Waals surface area (Å²) in [7, 11) is 0. The van der Waals surface area contributed by atoms with E-state index in [9.17, 15) is 9.59 Å². The fourth-order valence-electron chi connectivity index (χ4n) is 2.42. The molecule has 1 aliphatic heterocycles. The van der Waals surface area contributed by atoms with E-state index in [1.54, 1.807) is 4.90 Å². The lowest BCUT2D eigenvalue weighted by Gasteiger charge is -2.35. The van der Waals surface area contributed by atoms with Crippen LogP contribution in [0.25, 0.3) is 0 Å². The minimum absolute atomic E-state index is 0.0308. The number of aliphatic carboxylic acids is 1. The van der Waals surface area contributed by atoms with Crippen LogP contribution in [0.15, 0.2) is 6.20 Å². The maximum Gasteiger partial charge on any atom is 0.303 e. The van der Waals surface area contributed by atoms with Crippen LogP contribution in [0.1, 0.15) is 42.6 Å². The maximum absolute atomic E-state index is 12.4. The highest BCUT2D eigenvalue weighted by atomic mass is 35.5. The van der Waals surface area contributed by atoms with Crippen LogP contribution < -0.4 is 0 Å². The summed E-state index contributed by atoms with van der Waals surface area (Å²) >= 11 is 5.89. The number of carboxylic acids is 1. The van der Waals surface area contributed by atoms with Crippen molar-refractivity contribution in [3.05, 3.63) is 16.9 Å². The molecule has 1 amide bonds. The lowest BCUT2D eigenvalue weighted by molar-refractivity contribution is -0.137. The zero-order valence-electron chi connectivity index (χ0n) is 10.4. The molecular weight excluding hydrogens is 270 g/mol. The molecule has 1 aliphatic rings. The molecule has 1 aromatic heterocycles. The molecule has 0 aromatic carbocycles. The first kappa shape index (κ1) is 13.9. The van der Waals surface area contributed by atoms with Gasteiger partial charge in [0.25, 0.3) is 5.91 Å². The van der Waals surface area contributed by atoms with Gasteiger partial charge in [0.2, 0.25) is 0 Å². The number of aromatic nitrogens is 2. The van der Waals surface area contributed by atoms with Crippen LogP contribution >= 0.6 is 11.6 Å². The fraction of sp³-hybridized carbons (Fsp3) is 0.583. The van der Waals surface area contributed by atoms with E-state index in [0.717, 1.165) is 19.3 Å². The molecule has 2 heterocycles. The van der Waals surface area contributed by atoms with Crippen molar-refractivity contribution in [3.63, 3.8) is 0 Å². The maximum atomic E-state index is 12.4. The van der Waals surface area contributed by atoms with E-state index in [1.165, 1.54) is 6.20 Å². The average Bonchev–Trinajstić information content (AvgIpc) is 2.82. The standard InChI is InChI=1S/C12H16ClN3O3/c13-9-7-14-15-11(9)12(19)16-6-2-1-3-8(16)4-5-10(17)18/h7-8H,1-6H2,(H,14,15)(H,17,18)/t8-/m1/s1. The van der Waals surface area contributed by atoms with Gasteiger partial charge in [0.05, 0.1) is 11.2 Å². The van der Waals surface area contributed by atoms with Gasteiger partial charge in [-0.1, -0.05) is 11.6 Å². The molecular formula is C12H16ClN3O3. The van der Waals surface area contributed by atoms with Crippen LogP contribution in [0.3, 0.4) is 0 Å². The molecule has 6 nitrogen and oxygen atoms in total. The number of carboxylic acid groups (broad SMARTS) is 1. The zero-order chi connectivity index (χ0) is 13.8. The van der Waals surface area contributed by atoms with Gasteiger partial charge in [0.1, 0.15) is 5.69 Å². The topological polar surface area (TPSA) is 86.3 Å². The zero-order valence-corrected chi connectivity index (χ0v) is 11.2. The van der Waals surface area contributed by atoms with Crippen molar-refractivity contribution in [2.24, 2.45) is 0 Å². The minimum atomic E-state index is -0.836. The van der Waals surface area contributed by atoms with E-state index in [4.69, 9.17) is 16.7 Å². The van der Waals surface area contributed by atoms with E-state index in [1.807, 2.05) is 0 Å². The lowest BCUT2D eigenvalue weighted by atomic mass is 9.97. The molecule has 0 aliphatic carbocycles. The number of H-pyrrole nitrogens is 1. The number of aromatic amines is 1. The number of likely N-dealkylation sites (tertiary alicyclic amines) is 1. The fourth-order valence-corrected chi connectivity index (χ4v) is 2.60. The summed E-state index contributed by atoms with van der Waals surface area (Å²) in [6.45, 7) is 0.637. The predicted octanol–water partition coefficient (Wildman–Crippen LogP) is 1.92. The van der Waals surface area contributed by atoms with E-state index in [-0.39, 0.29) is 24.1 Å². The van der Waals surface area contributed by atoms with Gasteiger partial charge in [0.15, 0.2) is 0 Å². The summed E-state index contributed by atoms with van der Waals surface area (Å²) in [5.41, 5.74) is 0.281. The summed E-state index contributed by atoms with van der Waals surface area (Å²) in [5.74, 6) is -1.03. The van der Waals surface area contributed by atoms with Crippen molar-refractivity contribution in [2.45, 2.75) is 38.1 Å². The number of halogens is 1. The normalized spacial score (nSPS) is 19.4. The quantitative estimate of drug-likeness (QED) is 0.885. The van der Waals surface area contributed by atoms with Crippen LogP contribution in [0.2, 0.25) is 5.02 Å². The smallest absolute Gasteiger partial charge is 0.303 e. The average molecular weight is 286 g/mol. The third kappa shape index (κ3) is 3.26. The SMILES string of the molecule is O=C(O)CC[C@H]1CCCCN1C(=O)c1[nH]ncc1Cl. The van der Waals surface area contributed by atoms with Crippen molar-refractivity contribution in [3.8, 4) is 0 Å². The summed E-state index contributed by atoms with van der Waals surface area (Å²) in [6, 6.07) is -0.0308. The second-order valence-corrected chi connectivity index (χ2v) is 5.08. The van der Waals surface area contributed by atoms with Crippen LogP contribution in [0.4, 0.5) is 0 Å². The monoisotopic (exact) mass is 285 g/mol. The van der Waals surface area contributed by atoms with Gasteiger partial charge >= 0.3 is 5.97 Å². The third-order valence-electron chi connectivity index (χ3n) is 3.39. The number of piperidine rings is 1. The first-order valence-electron chi connectivity index (χ1n) is 6.31. The summed E-state index contributed by atoms with van der Waals surface area (Å²) < 4.78 is 0. The van der Waals surface area contributed by atoms with E-state index in [0.29, 0.717) is 18.0 Å². The summed E-state index contributed by atoms with van der Waals surface area (Å²) in [5, 5.41) is 15.4. The Labute approximate surface area is 115 Å². The van der Waals surface area contributed by atoms with Gasteiger partial charge in [-0.25, -0.2) is 0 Å². The number of hydrogen-bond donors (Lipinski definition) is 2. The van der Waals surface area contributed by atoms with E-state index < -0.39 is 5.97 Å². The van der Waals surface area contributed by atoms with Crippen molar-refractivity contribution >= 4 is 23.5 Å².